The van der Waals surface area contributed by atoms with Gasteiger partial charge in [0.15, 0.2) is 5.60 Å². The predicted molar refractivity (Wildman–Crippen MR) is 149 cm³/mol. The first-order valence-electron chi connectivity index (χ1n) is 13.4. The number of piperidine rings is 1. The predicted octanol–water partition coefficient (Wildman–Crippen LogP) is 6.18. The maximum atomic E-state index is 13.3. The van der Waals surface area contributed by atoms with Gasteiger partial charge < -0.3 is 19.3 Å². The molecule has 6 nitrogen and oxygen atoms in total. The summed E-state index contributed by atoms with van der Waals surface area (Å²) in [5.74, 6) is 0.807. The minimum Gasteiger partial charge on any atom is -0.476 e. The van der Waals surface area contributed by atoms with Crippen molar-refractivity contribution in [2.24, 2.45) is 5.92 Å². The molecule has 2 aromatic rings. The third-order valence-electron chi connectivity index (χ3n) is 6.66. The van der Waals surface area contributed by atoms with Crippen LogP contribution in [0.1, 0.15) is 78.4 Å². The van der Waals surface area contributed by atoms with E-state index in [-0.39, 0.29) is 11.8 Å². The van der Waals surface area contributed by atoms with Crippen LogP contribution in [0.3, 0.4) is 0 Å². The standard InChI is InChI=1S/C31H44N2O4/c1-22(2)24-16-14-23(15-17-24)20-32(8)28(34)25-11-10-18-33(21-25)26-12-9-13-27(19-26)36-31(6,7)29(35)37-30(3,4)5/h9,12-17,19,22,25H,10-11,18,20-21H2,1-8H3/t25-/m0/s1. The number of nitrogens with zero attached hydrogens (tertiary/aromatic N) is 2. The molecule has 6 heteroatoms. The van der Waals surface area contributed by atoms with E-state index >= 15 is 0 Å². The maximum Gasteiger partial charge on any atom is 0.350 e. The van der Waals surface area contributed by atoms with E-state index in [1.165, 1.54) is 5.56 Å². The minimum atomic E-state index is -1.12. The fourth-order valence-corrected chi connectivity index (χ4v) is 4.57. The molecule has 2 aromatic carbocycles. The first-order valence-corrected chi connectivity index (χ1v) is 13.4. The number of ether oxygens (including phenoxy) is 2. The molecule has 1 fully saturated rings. The largest absolute Gasteiger partial charge is 0.476 e. The Labute approximate surface area is 222 Å². The van der Waals surface area contributed by atoms with E-state index in [0.29, 0.717) is 24.8 Å². The third-order valence-corrected chi connectivity index (χ3v) is 6.66. The van der Waals surface area contributed by atoms with Crippen LogP contribution in [0.5, 0.6) is 5.75 Å². The highest BCUT2D eigenvalue weighted by molar-refractivity contribution is 5.80. The highest BCUT2D eigenvalue weighted by Crippen LogP contribution is 2.30. The van der Waals surface area contributed by atoms with Crippen molar-refractivity contribution in [1.29, 1.82) is 0 Å². The maximum absolute atomic E-state index is 13.3. The fourth-order valence-electron chi connectivity index (χ4n) is 4.57. The molecule has 202 valence electrons. The number of hydrogen-bond donors (Lipinski definition) is 0. The molecule has 37 heavy (non-hydrogen) atoms. The Hall–Kier alpha value is -3.02. The molecule has 0 bridgehead atoms. The normalized spacial score (nSPS) is 16.5. The second kappa shape index (κ2) is 11.6. The molecule has 1 heterocycles. The van der Waals surface area contributed by atoms with Gasteiger partial charge in [0, 0.05) is 38.4 Å². The van der Waals surface area contributed by atoms with Gasteiger partial charge in [0.05, 0.1) is 5.92 Å². The van der Waals surface area contributed by atoms with E-state index in [4.69, 9.17) is 9.47 Å². The minimum absolute atomic E-state index is 0.0588. The van der Waals surface area contributed by atoms with Gasteiger partial charge in [0.2, 0.25) is 5.91 Å². The van der Waals surface area contributed by atoms with Crippen LogP contribution in [0.2, 0.25) is 0 Å². The lowest BCUT2D eigenvalue weighted by Gasteiger charge is -2.36. The zero-order valence-corrected chi connectivity index (χ0v) is 23.8. The SMILES string of the molecule is CC(C)c1ccc(CN(C)C(=O)[C@H]2CCCN(c3cccc(OC(C)(C)C(=O)OC(C)(C)C)c3)C2)cc1. The van der Waals surface area contributed by atoms with Crippen LogP contribution in [-0.2, 0) is 20.9 Å². The Kier molecular flexibility index (Phi) is 8.93. The summed E-state index contributed by atoms with van der Waals surface area (Å²) >= 11 is 0. The van der Waals surface area contributed by atoms with Crippen LogP contribution in [0.15, 0.2) is 48.5 Å². The van der Waals surface area contributed by atoms with Crippen molar-refractivity contribution in [3.63, 3.8) is 0 Å². The molecule has 1 saturated heterocycles. The van der Waals surface area contributed by atoms with Gasteiger partial charge in [-0.3, -0.25) is 4.79 Å². The summed E-state index contributed by atoms with van der Waals surface area (Å²) in [6.07, 6.45) is 1.83. The zero-order valence-electron chi connectivity index (χ0n) is 23.8. The van der Waals surface area contributed by atoms with E-state index in [1.807, 2.05) is 57.0 Å². The van der Waals surface area contributed by atoms with E-state index in [1.54, 1.807) is 13.8 Å². The van der Waals surface area contributed by atoms with Gasteiger partial charge in [-0.05, 0) is 76.6 Å². The molecule has 0 aromatic heterocycles. The first kappa shape index (κ1) is 28.5. The first-order chi connectivity index (χ1) is 17.2. The van der Waals surface area contributed by atoms with E-state index < -0.39 is 17.2 Å². The van der Waals surface area contributed by atoms with Gasteiger partial charge in [0.25, 0.3) is 0 Å². The van der Waals surface area contributed by atoms with Gasteiger partial charge in [0.1, 0.15) is 11.4 Å². The fraction of sp³-hybridized carbons (Fsp3) is 0.548. The number of amides is 1. The number of rotatable bonds is 8. The number of esters is 1. The van der Waals surface area contributed by atoms with Crippen LogP contribution in [0, 0.1) is 5.92 Å². The number of carbonyl (C=O) groups is 2. The summed E-state index contributed by atoms with van der Waals surface area (Å²) in [7, 11) is 1.89. The Bertz CT molecular complexity index is 1070. The molecular weight excluding hydrogens is 464 g/mol. The van der Waals surface area contributed by atoms with Crippen molar-refractivity contribution >= 4 is 17.6 Å². The van der Waals surface area contributed by atoms with Crippen molar-refractivity contribution in [2.75, 3.05) is 25.0 Å². The highest BCUT2D eigenvalue weighted by Gasteiger charge is 2.35. The second-order valence-electron chi connectivity index (χ2n) is 12.0. The molecule has 0 saturated carbocycles. The molecule has 3 rings (SSSR count). The van der Waals surface area contributed by atoms with Crippen LogP contribution in [0.4, 0.5) is 5.69 Å². The number of anilines is 1. The van der Waals surface area contributed by atoms with Gasteiger partial charge >= 0.3 is 5.97 Å². The molecule has 0 aliphatic carbocycles. The van der Waals surface area contributed by atoms with Crippen LogP contribution >= 0.6 is 0 Å². The Morgan fingerprint density at radius 1 is 1.05 bits per heavy atom. The van der Waals surface area contributed by atoms with Gasteiger partial charge in [-0.25, -0.2) is 4.79 Å². The summed E-state index contributed by atoms with van der Waals surface area (Å²) in [6, 6.07) is 16.3. The molecule has 1 atom stereocenters. The Morgan fingerprint density at radius 2 is 1.73 bits per heavy atom. The highest BCUT2D eigenvalue weighted by atomic mass is 16.6. The summed E-state index contributed by atoms with van der Waals surface area (Å²) < 4.78 is 11.6. The van der Waals surface area contributed by atoms with Crippen LogP contribution < -0.4 is 9.64 Å². The van der Waals surface area contributed by atoms with Crippen molar-refractivity contribution in [1.82, 2.24) is 4.90 Å². The van der Waals surface area contributed by atoms with Gasteiger partial charge in [-0.2, -0.15) is 0 Å². The lowest BCUT2D eigenvalue weighted by Crippen LogP contribution is -2.44. The van der Waals surface area contributed by atoms with Gasteiger partial charge in [-0.15, -0.1) is 0 Å². The summed E-state index contributed by atoms with van der Waals surface area (Å²) in [6.45, 7) is 15.5. The van der Waals surface area contributed by atoms with E-state index in [9.17, 15) is 9.59 Å². The Balaban J connectivity index is 1.64. The molecule has 1 amide bonds. The molecule has 0 radical (unpaired) electrons. The van der Waals surface area contributed by atoms with Crippen LogP contribution in [0.25, 0.3) is 0 Å². The number of benzene rings is 2. The molecule has 0 unspecified atom stereocenters. The zero-order chi connectivity index (χ0) is 27.4. The smallest absolute Gasteiger partial charge is 0.350 e. The summed E-state index contributed by atoms with van der Waals surface area (Å²) in [5.41, 5.74) is 1.73. The van der Waals surface area contributed by atoms with Crippen molar-refractivity contribution in [3.8, 4) is 5.75 Å². The topological polar surface area (TPSA) is 59.1 Å². The molecular formula is C31H44N2O4. The third kappa shape index (κ3) is 7.98. The lowest BCUT2D eigenvalue weighted by atomic mass is 9.95. The lowest BCUT2D eigenvalue weighted by molar-refractivity contribution is -0.170. The average molecular weight is 509 g/mol. The molecule has 0 N–H and O–H groups in total. The van der Waals surface area contributed by atoms with Crippen molar-refractivity contribution < 1.29 is 19.1 Å². The summed E-state index contributed by atoms with van der Waals surface area (Å²) in [5, 5.41) is 0. The monoisotopic (exact) mass is 508 g/mol. The second-order valence-corrected chi connectivity index (χ2v) is 12.0. The quantitative estimate of drug-likeness (QED) is 0.398. The van der Waals surface area contributed by atoms with Crippen molar-refractivity contribution in [3.05, 3.63) is 59.7 Å². The Morgan fingerprint density at radius 3 is 2.35 bits per heavy atom. The molecule has 0 spiro atoms. The van der Waals surface area contributed by atoms with Crippen molar-refractivity contribution in [2.45, 2.75) is 85.0 Å². The molecule has 1 aliphatic heterocycles. The van der Waals surface area contributed by atoms with Crippen LogP contribution in [-0.4, -0.2) is 48.1 Å². The van der Waals surface area contributed by atoms with Gasteiger partial charge in [-0.1, -0.05) is 44.2 Å². The number of hydrogen-bond acceptors (Lipinski definition) is 5. The molecule has 1 aliphatic rings. The average Bonchev–Trinajstić information content (AvgIpc) is 2.83. The number of carbonyl (C=O) groups excluding carboxylic acids is 2. The van der Waals surface area contributed by atoms with E-state index in [2.05, 4.69) is 43.0 Å². The summed E-state index contributed by atoms with van der Waals surface area (Å²) in [4.78, 5) is 30.0. The van der Waals surface area contributed by atoms with E-state index in [0.717, 1.165) is 30.6 Å².